The molecule has 0 atom stereocenters. The minimum atomic E-state index is 0.0307. The van der Waals surface area contributed by atoms with Crippen molar-refractivity contribution in [3.63, 3.8) is 0 Å². The zero-order chi connectivity index (χ0) is 10.1. The van der Waals surface area contributed by atoms with E-state index in [2.05, 4.69) is 0 Å². The summed E-state index contributed by atoms with van der Waals surface area (Å²) in [6.45, 7) is 1.24. The Morgan fingerprint density at radius 1 is 1.43 bits per heavy atom. The van der Waals surface area contributed by atoms with E-state index in [-0.39, 0.29) is 5.91 Å². The van der Waals surface area contributed by atoms with Gasteiger partial charge in [-0.3, -0.25) is 4.79 Å². The van der Waals surface area contributed by atoms with Crippen LogP contribution in [-0.4, -0.2) is 23.2 Å². The third kappa shape index (κ3) is 1.60. The second-order valence-corrected chi connectivity index (χ2v) is 4.03. The molecule has 2 nitrogen and oxygen atoms in total. The van der Waals surface area contributed by atoms with Gasteiger partial charge < -0.3 is 4.90 Å². The molecular formula is C10H9Cl2NO. The van der Waals surface area contributed by atoms with Crippen LogP contribution in [0.3, 0.4) is 0 Å². The van der Waals surface area contributed by atoms with Crippen LogP contribution in [0.15, 0.2) is 18.2 Å². The first-order valence-electron chi connectivity index (χ1n) is 4.36. The highest BCUT2D eigenvalue weighted by atomic mass is 35.5. The Hall–Kier alpha value is -0.730. The van der Waals surface area contributed by atoms with E-state index in [1.807, 2.05) is 6.07 Å². The number of carbonyl (C=O) groups is 1. The summed E-state index contributed by atoms with van der Waals surface area (Å²) < 4.78 is 0. The normalized spacial score (nSPS) is 14.7. The fraction of sp³-hybridized carbons (Fsp3) is 0.300. The molecule has 14 heavy (non-hydrogen) atoms. The van der Waals surface area contributed by atoms with Crippen molar-refractivity contribution in [2.75, 3.05) is 12.4 Å². The van der Waals surface area contributed by atoms with Crippen molar-refractivity contribution in [2.24, 2.45) is 0 Å². The predicted molar refractivity (Wildman–Crippen MR) is 56.9 cm³/mol. The number of amides is 1. The van der Waals surface area contributed by atoms with E-state index < -0.39 is 0 Å². The molecule has 0 saturated carbocycles. The van der Waals surface area contributed by atoms with Crippen LogP contribution in [0.2, 0.25) is 5.02 Å². The minimum Gasteiger partial charge on any atom is -0.333 e. The summed E-state index contributed by atoms with van der Waals surface area (Å²) in [6, 6.07) is 5.41. The summed E-state index contributed by atoms with van der Waals surface area (Å²) in [5.41, 5.74) is 1.74. The minimum absolute atomic E-state index is 0.0307. The van der Waals surface area contributed by atoms with Crippen LogP contribution >= 0.6 is 23.2 Å². The van der Waals surface area contributed by atoms with Gasteiger partial charge in [0.15, 0.2) is 0 Å². The Morgan fingerprint density at radius 2 is 2.21 bits per heavy atom. The second-order valence-electron chi connectivity index (χ2n) is 3.22. The number of hydrogen-bond acceptors (Lipinski definition) is 1. The molecule has 1 amide bonds. The van der Waals surface area contributed by atoms with Gasteiger partial charge in [-0.05, 0) is 17.7 Å². The van der Waals surface area contributed by atoms with E-state index in [4.69, 9.17) is 23.2 Å². The van der Waals surface area contributed by atoms with Crippen molar-refractivity contribution in [2.45, 2.75) is 6.54 Å². The van der Waals surface area contributed by atoms with Gasteiger partial charge in [-0.15, -0.1) is 11.6 Å². The van der Waals surface area contributed by atoms with Crippen molar-refractivity contribution in [1.29, 1.82) is 0 Å². The number of rotatable bonds is 2. The summed E-state index contributed by atoms with van der Waals surface area (Å²) in [4.78, 5) is 13.5. The summed E-state index contributed by atoms with van der Waals surface area (Å²) in [6.07, 6.45) is 0. The molecule has 1 aliphatic rings. The van der Waals surface area contributed by atoms with Crippen LogP contribution in [0.25, 0.3) is 0 Å². The maximum atomic E-state index is 11.7. The average molecular weight is 230 g/mol. The van der Waals surface area contributed by atoms with Crippen LogP contribution in [-0.2, 0) is 6.54 Å². The van der Waals surface area contributed by atoms with E-state index >= 15 is 0 Å². The largest absolute Gasteiger partial charge is 0.333 e. The molecule has 2 rings (SSSR count). The molecule has 0 unspecified atom stereocenters. The zero-order valence-corrected chi connectivity index (χ0v) is 8.98. The van der Waals surface area contributed by atoms with E-state index in [1.54, 1.807) is 17.0 Å². The molecule has 0 N–H and O–H groups in total. The van der Waals surface area contributed by atoms with Crippen molar-refractivity contribution in [3.8, 4) is 0 Å². The van der Waals surface area contributed by atoms with Gasteiger partial charge in [0.1, 0.15) is 0 Å². The van der Waals surface area contributed by atoms with E-state index in [9.17, 15) is 4.79 Å². The predicted octanol–water partition coefficient (Wildman–Crippen LogP) is 2.53. The summed E-state index contributed by atoms with van der Waals surface area (Å²) >= 11 is 11.4. The fourth-order valence-corrected chi connectivity index (χ4v) is 1.99. The quantitative estimate of drug-likeness (QED) is 0.715. The standard InChI is InChI=1S/C10H9Cl2NO/c11-3-4-13-6-7-1-2-8(12)5-9(7)10(13)14/h1-2,5H,3-4,6H2. The molecular weight excluding hydrogens is 221 g/mol. The molecule has 1 aromatic rings. The maximum Gasteiger partial charge on any atom is 0.254 e. The van der Waals surface area contributed by atoms with Gasteiger partial charge in [0, 0.05) is 29.6 Å². The number of fused-ring (bicyclic) bond motifs is 1. The van der Waals surface area contributed by atoms with Gasteiger partial charge in [0.05, 0.1) is 0 Å². The molecule has 74 valence electrons. The topological polar surface area (TPSA) is 20.3 Å². The third-order valence-electron chi connectivity index (χ3n) is 2.31. The molecule has 0 saturated heterocycles. The van der Waals surface area contributed by atoms with Crippen LogP contribution < -0.4 is 0 Å². The molecule has 4 heteroatoms. The average Bonchev–Trinajstić information content (AvgIpc) is 2.46. The highest BCUT2D eigenvalue weighted by molar-refractivity contribution is 6.31. The van der Waals surface area contributed by atoms with Gasteiger partial charge in [0.2, 0.25) is 0 Å². The van der Waals surface area contributed by atoms with Gasteiger partial charge >= 0.3 is 0 Å². The van der Waals surface area contributed by atoms with Crippen LogP contribution in [0.4, 0.5) is 0 Å². The van der Waals surface area contributed by atoms with Gasteiger partial charge in [-0.25, -0.2) is 0 Å². The lowest BCUT2D eigenvalue weighted by atomic mass is 10.1. The highest BCUT2D eigenvalue weighted by Gasteiger charge is 2.26. The zero-order valence-electron chi connectivity index (χ0n) is 7.46. The number of benzene rings is 1. The maximum absolute atomic E-state index is 11.7. The lowest BCUT2D eigenvalue weighted by Gasteiger charge is -2.12. The summed E-state index contributed by atoms with van der Waals surface area (Å²) in [5, 5.41) is 0.602. The molecule has 0 radical (unpaired) electrons. The van der Waals surface area contributed by atoms with Gasteiger partial charge in [-0.2, -0.15) is 0 Å². The molecule has 1 heterocycles. The van der Waals surface area contributed by atoms with Crippen LogP contribution in [0.1, 0.15) is 15.9 Å². The molecule has 0 fully saturated rings. The smallest absolute Gasteiger partial charge is 0.254 e. The van der Waals surface area contributed by atoms with Gasteiger partial charge in [-0.1, -0.05) is 17.7 Å². The SMILES string of the molecule is O=C1c2cc(Cl)ccc2CN1CCCl. The first-order chi connectivity index (χ1) is 6.72. The van der Waals surface area contributed by atoms with E-state index in [1.165, 1.54) is 0 Å². The van der Waals surface area contributed by atoms with Crippen LogP contribution in [0.5, 0.6) is 0 Å². The summed E-state index contributed by atoms with van der Waals surface area (Å²) in [7, 11) is 0. The lowest BCUT2D eigenvalue weighted by molar-refractivity contribution is 0.0788. The number of carbonyl (C=O) groups excluding carboxylic acids is 1. The Balaban J connectivity index is 2.31. The third-order valence-corrected chi connectivity index (χ3v) is 2.71. The number of nitrogens with zero attached hydrogens (tertiary/aromatic N) is 1. The molecule has 0 aliphatic carbocycles. The first kappa shape index (κ1) is 9.81. The monoisotopic (exact) mass is 229 g/mol. The number of halogens is 2. The first-order valence-corrected chi connectivity index (χ1v) is 5.27. The van der Waals surface area contributed by atoms with Crippen molar-refractivity contribution >= 4 is 29.1 Å². The van der Waals surface area contributed by atoms with Gasteiger partial charge in [0.25, 0.3) is 5.91 Å². The highest BCUT2D eigenvalue weighted by Crippen LogP contribution is 2.25. The molecule has 0 spiro atoms. The molecule has 1 aliphatic heterocycles. The second kappa shape index (κ2) is 3.79. The molecule has 0 aromatic heterocycles. The van der Waals surface area contributed by atoms with Crippen LogP contribution in [0, 0.1) is 0 Å². The van der Waals surface area contributed by atoms with E-state index in [0.29, 0.717) is 29.6 Å². The summed E-state index contributed by atoms with van der Waals surface area (Å²) in [5.74, 6) is 0.496. The number of hydrogen-bond donors (Lipinski definition) is 0. The lowest BCUT2D eigenvalue weighted by Crippen LogP contribution is -2.25. The Kier molecular flexibility index (Phi) is 2.66. The Morgan fingerprint density at radius 3 is 2.93 bits per heavy atom. The van der Waals surface area contributed by atoms with Crippen molar-refractivity contribution < 1.29 is 4.79 Å². The fourth-order valence-electron chi connectivity index (χ4n) is 1.62. The Bertz CT molecular complexity index is 378. The Labute approximate surface area is 92.4 Å². The molecule has 1 aromatic carbocycles. The van der Waals surface area contributed by atoms with Crippen molar-refractivity contribution in [3.05, 3.63) is 34.3 Å². The van der Waals surface area contributed by atoms with E-state index in [0.717, 1.165) is 5.56 Å². The number of alkyl halides is 1. The van der Waals surface area contributed by atoms with Crippen molar-refractivity contribution in [1.82, 2.24) is 4.90 Å². The molecule has 0 bridgehead atoms.